The van der Waals surface area contributed by atoms with E-state index < -0.39 is 0 Å². The molecule has 0 bridgehead atoms. The zero-order valence-corrected chi connectivity index (χ0v) is 18.8. The molecular weight excluding hydrogens is 463 g/mol. The van der Waals surface area contributed by atoms with E-state index in [1.54, 1.807) is 18.2 Å². The van der Waals surface area contributed by atoms with Crippen molar-refractivity contribution in [2.45, 2.75) is 17.0 Å². The number of aromatic amines is 1. The van der Waals surface area contributed by atoms with Crippen molar-refractivity contribution in [3.63, 3.8) is 0 Å². The number of hydrogen-bond acceptors (Lipinski definition) is 7. The van der Waals surface area contributed by atoms with E-state index in [0.717, 1.165) is 15.8 Å². The van der Waals surface area contributed by atoms with Gasteiger partial charge in [-0.2, -0.15) is 0 Å². The lowest BCUT2D eigenvalue weighted by atomic mass is 10.1. The Bertz CT molecular complexity index is 1560. The minimum atomic E-state index is -0.334. The van der Waals surface area contributed by atoms with Gasteiger partial charge in [0.15, 0.2) is 17.3 Å². The van der Waals surface area contributed by atoms with Crippen LogP contribution in [0.1, 0.15) is 5.56 Å². The third-order valence-electron chi connectivity index (χ3n) is 5.36. The fraction of sp³-hybridized carbons (Fsp3) is 0.0870. The maximum Gasteiger partial charge on any atom is 0.262 e. The van der Waals surface area contributed by atoms with Crippen LogP contribution >= 0.6 is 23.1 Å². The maximum absolute atomic E-state index is 13.6. The Kier molecular flexibility index (Phi) is 4.70. The summed E-state index contributed by atoms with van der Waals surface area (Å²) in [6.45, 7) is 2.05. The molecule has 0 unspecified atom stereocenters. The number of ether oxygens (including phenoxy) is 2. The summed E-state index contributed by atoms with van der Waals surface area (Å²) in [5.41, 5.74) is 1.93. The van der Waals surface area contributed by atoms with Gasteiger partial charge in [0.05, 0.1) is 15.3 Å². The molecule has 33 heavy (non-hydrogen) atoms. The van der Waals surface area contributed by atoms with E-state index in [2.05, 4.69) is 15.2 Å². The quantitative estimate of drug-likeness (QED) is 0.384. The zero-order chi connectivity index (χ0) is 22.5. The van der Waals surface area contributed by atoms with E-state index in [1.165, 1.54) is 35.2 Å². The Morgan fingerprint density at radius 2 is 1.91 bits per heavy atom. The van der Waals surface area contributed by atoms with Gasteiger partial charge in [-0.3, -0.25) is 9.36 Å². The lowest BCUT2D eigenvalue weighted by Gasteiger charge is -2.12. The number of rotatable bonds is 4. The lowest BCUT2D eigenvalue weighted by molar-refractivity contribution is 0.174. The number of benzene rings is 2. The van der Waals surface area contributed by atoms with E-state index in [1.807, 2.05) is 35.1 Å². The van der Waals surface area contributed by atoms with Crippen molar-refractivity contribution in [1.29, 1.82) is 0 Å². The predicted molar refractivity (Wildman–Crippen MR) is 124 cm³/mol. The van der Waals surface area contributed by atoms with Gasteiger partial charge in [0.2, 0.25) is 11.9 Å². The van der Waals surface area contributed by atoms with Gasteiger partial charge in [-0.05, 0) is 66.0 Å². The van der Waals surface area contributed by atoms with Crippen LogP contribution in [0.2, 0.25) is 0 Å². The lowest BCUT2D eigenvalue weighted by Crippen LogP contribution is -2.11. The minimum absolute atomic E-state index is 0.156. The van der Waals surface area contributed by atoms with Gasteiger partial charge in [-0.15, -0.1) is 21.5 Å². The number of halogens is 1. The van der Waals surface area contributed by atoms with Crippen molar-refractivity contribution in [2.75, 3.05) is 6.79 Å². The smallest absolute Gasteiger partial charge is 0.262 e. The first-order valence-electron chi connectivity index (χ1n) is 9.98. The van der Waals surface area contributed by atoms with Crippen molar-refractivity contribution in [1.82, 2.24) is 19.7 Å². The number of H-pyrrole nitrogens is 1. The molecule has 164 valence electrons. The summed E-state index contributed by atoms with van der Waals surface area (Å²) in [5, 5.41) is 12.1. The van der Waals surface area contributed by atoms with Crippen molar-refractivity contribution >= 4 is 34.0 Å². The summed E-state index contributed by atoms with van der Waals surface area (Å²) >= 11 is 2.74. The van der Waals surface area contributed by atoms with Crippen molar-refractivity contribution in [3.8, 4) is 27.9 Å². The molecule has 1 N–H and O–H groups in total. The fourth-order valence-electron chi connectivity index (χ4n) is 3.77. The highest BCUT2D eigenvalue weighted by Crippen LogP contribution is 2.39. The summed E-state index contributed by atoms with van der Waals surface area (Å²) in [4.78, 5) is 17.4. The highest BCUT2D eigenvalue weighted by atomic mass is 32.2. The first-order chi connectivity index (χ1) is 16.1. The van der Waals surface area contributed by atoms with Crippen LogP contribution in [0.25, 0.3) is 27.3 Å². The number of aromatic nitrogens is 4. The second-order valence-electron chi connectivity index (χ2n) is 7.36. The molecule has 5 aromatic rings. The minimum Gasteiger partial charge on any atom is -0.454 e. The summed E-state index contributed by atoms with van der Waals surface area (Å²) in [5.74, 6) is 1.54. The molecule has 0 spiro atoms. The summed E-state index contributed by atoms with van der Waals surface area (Å²) in [7, 11) is 0. The average molecular weight is 479 g/mol. The largest absolute Gasteiger partial charge is 0.454 e. The number of nitrogens with one attached hydrogen (secondary N) is 1. The maximum atomic E-state index is 13.6. The second-order valence-corrected chi connectivity index (χ2v) is 9.28. The molecule has 0 atom stereocenters. The second kappa shape index (κ2) is 7.75. The van der Waals surface area contributed by atoms with Crippen molar-refractivity contribution < 1.29 is 13.9 Å². The topological polar surface area (TPSA) is 82.0 Å². The molecule has 3 aromatic heterocycles. The van der Waals surface area contributed by atoms with Crippen LogP contribution in [0.5, 0.6) is 11.5 Å². The zero-order valence-electron chi connectivity index (χ0n) is 17.2. The third-order valence-corrected chi connectivity index (χ3v) is 7.37. The first kappa shape index (κ1) is 20.0. The Hall–Kier alpha value is -3.63. The van der Waals surface area contributed by atoms with Gasteiger partial charge in [-0.25, -0.2) is 4.39 Å². The number of pyridine rings is 1. The Labute approximate surface area is 194 Å². The molecule has 6 rings (SSSR count). The van der Waals surface area contributed by atoms with Gasteiger partial charge in [0, 0.05) is 17.1 Å². The highest BCUT2D eigenvalue weighted by Gasteiger charge is 2.22. The monoisotopic (exact) mass is 478 g/mol. The van der Waals surface area contributed by atoms with E-state index in [4.69, 9.17) is 9.47 Å². The highest BCUT2D eigenvalue weighted by molar-refractivity contribution is 7.99. The number of hydrogen-bond donors (Lipinski definition) is 1. The Balaban J connectivity index is 1.51. The predicted octanol–water partition coefficient (Wildman–Crippen LogP) is 5.16. The first-order valence-corrected chi connectivity index (χ1v) is 11.7. The Morgan fingerprint density at radius 1 is 1.12 bits per heavy atom. The summed E-state index contributed by atoms with van der Waals surface area (Å²) in [6.07, 6.45) is 0. The van der Waals surface area contributed by atoms with E-state index in [9.17, 15) is 9.18 Å². The van der Waals surface area contributed by atoms with Crippen LogP contribution < -0.4 is 15.0 Å². The van der Waals surface area contributed by atoms with E-state index >= 15 is 0 Å². The van der Waals surface area contributed by atoms with Crippen LogP contribution in [-0.2, 0) is 0 Å². The van der Waals surface area contributed by atoms with E-state index in [0.29, 0.717) is 38.6 Å². The average Bonchev–Trinajstić information content (AvgIpc) is 3.56. The molecule has 1 aliphatic heterocycles. The van der Waals surface area contributed by atoms with Gasteiger partial charge >= 0.3 is 0 Å². The fourth-order valence-corrected chi connectivity index (χ4v) is 5.42. The number of thiophene rings is 1. The van der Waals surface area contributed by atoms with Gasteiger partial charge in [0.25, 0.3) is 5.56 Å². The van der Waals surface area contributed by atoms with Crippen molar-refractivity contribution in [3.05, 3.63) is 75.6 Å². The van der Waals surface area contributed by atoms with Crippen LogP contribution in [0.15, 0.2) is 68.8 Å². The van der Waals surface area contributed by atoms with Crippen molar-refractivity contribution in [2.24, 2.45) is 0 Å². The van der Waals surface area contributed by atoms with Crippen LogP contribution in [0.3, 0.4) is 0 Å². The standard InChI is InChI=1S/C23H15FN4O3S2/c1-12-15-9-17-18(31-11-30-17)10-16(15)25-22(29)20(12)33-23-27-26-21(19-3-2-8-32-19)28(23)14-6-4-13(24)5-7-14/h2-10H,11H2,1H3,(H,25,29). The van der Waals surface area contributed by atoms with Gasteiger partial charge in [-0.1, -0.05) is 6.07 Å². The third kappa shape index (κ3) is 3.38. The molecule has 0 saturated heterocycles. The molecule has 1 aliphatic rings. The molecule has 7 nitrogen and oxygen atoms in total. The van der Waals surface area contributed by atoms with Crippen LogP contribution in [-0.4, -0.2) is 26.5 Å². The molecule has 0 amide bonds. The molecule has 2 aromatic carbocycles. The van der Waals surface area contributed by atoms with E-state index in [-0.39, 0.29) is 18.2 Å². The van der Waals surface area contributed by atoms with Gasteiger partial charge in [0.1, 0.15) is 5.82 Å². The van der Waals surface area contributed by atoms with Gasteiger partial charge < -0.3 is 14.5 Å². The Morgan fingerprint density at radius 3 is 2.67 bits per heavy atom. The molecule has 0 aliphatic carbocycles. The molecular formula is C23H15FN4O3S2. The summed E-state index contributed by atoms with van der Waals surface area (Å²) in [6, 6.07) is 13.6. The molecule has 0 saturated carbocycles. The normalized spacial score (nSPS) is 12.5. The number of nitrogens with zero attached hydrogens (tertiary/aromatic N) is 3. The summed E-state index contributed by atoms with van der Waals surface area (Å²) < 4.78 is 26.4. The van der Waals surface area contributed by atoms with Crippen LogP contribution in [0.4, 0.5) is 4.39 Å². The number of fused-ring (bicyclic) bond motifs is 2. The number of aryl methyl sites for hydroxylation is 1. The SMILES string of the molecule is Cc1c(Sc2nnc(-c3cccs3)n2-c2ccc(F)cc2)c(=O)[nH]c2cc3c(cc12)OCO3. The van der Waals surface area contributed by atoms with Crippen LogP contribution in [0, 0.1) is 12.7 Å². The molecule has 10 heteroatoms. The molecule has 0 radical (unpaired) electrons. The molecule has 0 fully saturated rings. The molecule has 4 heterocycles.